The molecule has 2 rings (SSSR count). The van der Waals surface area contributed by atoms with Crippen molar-refractivity contribution in [3.63, 3.8) is 0 Å². The predicted octanol–water partition coefficient (Wildman–Crippen LogP) is 0.594. The smallest absolute Gasteiger partial charge is 0.358 e. The first kappa shape index (κ1) is 17.6. The SMILES string of the molecule is CNC(=O)c1nn(C)cc1NC(=O)Cn1nc([N+](=O)[O-])c(Br)c1C. The summed E-state index contributed by atoms with van der Waals surface area (Å²) in [7, 11) is 3.06. The molecule has 0 saturated heterocycles. The van der Waals surface area contributed by atoms with Gasteiger partial charge in [-0.15, -0.1) is 0 Å². The molecule has 2 amide bonds. The zero-order valence-electron chi connectivity index (χ0n) is 13.0. The molecule has 0 aromatic carbocycles. The van der Waals surface area contributed by atoms with Gasteiger partial charge in [-0.05, 0) is 27.8 Å². The number of nitrogens with one attached hydrogen (secondary N) is 2. The van der Waals surface area contributed by atoms with E-state index in [9.17, 15) is 19.7 Å². The fraction of sp³-hybridized carbons (Fsp3) is 0.333. The lowest BCUT2D eigenvalue weighted by molar-refractivity contribution is -0.390. The Labute approximate surface area is 144 Å². The van der Waals surface area contributed by atoms with Gasteiger partial charge in [0.05, 0.1) is 16.5 Å². The summed E-state index contributed by atoms with van der Waals surface area (Å²) in [6.45, 7) is 1.34. The van der Waals surface area contributed by atoms with Crippen LogP contribution in [0.1, 0.15) is 16.2 Å². The molecular formula is C12H14BrN7O4. The standard InChI is InChI=1S/C12H14BrN7O4/c1-6-9(13)11(20(23)24)17-19(6)5-8(21)15-7-4-18(3)16-10(7)12(22)14-2/h4H,5H2,1-3H3,(H,14,22)(H,15,21). The molecule has 2 aromatic rings. The third-order valence-electron chi connectivity index (χ3n) is 3.13. The molecule has 12 heteroatoms. The summed E-state index contributed by atoms with van der Waals surface area (Å²) in [5.74, 6) is -1.31. The molecule has 0 aliphatic rings. The van der Waals surface area contributed by atoms with Crippen LogP contribution in [0.25, 0.3) is 0 Å². The first-order chi connectivity index (χ1) is 11.2. The number of hydrogen-bond donors (Lipinski definition) is 2. The Morgan fingerprint density at radius 2 is 2.08 bits per heavy atom. The molecule has 128 valence electrons. The van der Waals surface area contributed by atoms with Crippen LogP contribution in [0.5, 0.6) is 0 Å². The van der Waals surface area contributed by atoms with Gasteiger partial charge in [-0.1, -0.05) is 0 Å². The van der Waals surface area contributed by atoms with Crippen molar-refractivity contribution in [2.45, 2.75) is 13.5 Å². The van der Waals surface area contributed by atoms with E-state index in [1.165, 1.54) is 22.6 Å². The first-order valence-electron chi connectivity index (χ1n) is 6.67. The van der Waals surface area contributed by atoms with Crippen LogP contribution in [0.15, 0.2) is 10.7 Å². The number of carbonyl (C=O) groups is 2. The second-order valence-corrected chi connectivity index (χ2v) is 5.62. The molecule has 0 saturated carbocycles. The third kappa shape index (κ3) is 3.42. The number of amides is 2. The zero-order chi connectivity index (χ0) is 18.0. The van der Waals surface area contributed by atoms with E-state index in [-0.39, 0.29) is 28.2 Å². The maximum Gasteiger partial charge on any atom is 0.404 e. The molecule has 0 atom stereocenters. The molecule has 0 bridgehead atoms. The zero-order valence-corrected chi connectivity index (χ0v) is 14.6. The first-order valence-corrected chi connectivity index (χ1v) is 7.46. The Kier molecular flexibility index (Phi) is 4.97. The van der Waals surface area contributed by atoms with E-state index >= 15 is 0 Å². The lowest BCUT2D eigenvalue weighted by Gasteiger charge is -2.04. The second kappa shape index (κ2) is 6.78. The quantitative estimate of drug-likeness (QED) is 0.557. The molecule has 0 aliphatic heterocycles. The number of aryl methyl sites for hydroxylation is 1. The highest BCUT2D eigenvalue weighted by molar-refractivity contribution is 9.10. The average Bonchev–Trinajstić information content (AvgIpc) is 3.01. The monoisotopic (exact) mass is 399 g/mol. The number of rotatable bonds is 5. The van der Waals surface area contributed by atoms with Crippen LogP contribution >= 0.6 is 15.9 Å². The van der Waals surface area contributed by atoms with Crippen molar-refractivity contribution < 1.29 is 14.5 Å². The Bertz CT molecular complexity index is 826. The molecule has 0 unspecified atom stereocenters. The van der Waals surface area contributed by atoms with Crippen LogP contribution in [-0.4, -0.2) is 43.3 Å². The van der Waals surface area contributed by atoms with Crippen molar-refractivity contribution in [3.8, 4) is 0 Å². The summed E-state index contributed by atoms with van der Waals surface area (Å²) in [5, 5.41) is 23.6. The van der Waals surface area contributed by atoms with Crippen molar-refractivity contribution in [2.75, 3.05) is 12.4 Å². The van der Waals surface area contributed by atoms with Crippen LogP contribution in [0, 0.1) is 17.0 Å². The van der Waals surface area contributed by atoms with Gasteiger partial charge in [0.2, 0.25) is 5.91 Å². The van der Waals surface area contributed by atoms with E-state index in [0.29, 0.717) is 5.69 Å². The van der Waals surface area contributed by atoms with Gasteiger partial charge in [0.15, 0.2) is 5.69 Å². The normalized spacial score (nSPS) is 10.5. The van der Waals surface area contributed by atoms with Crippen molar-refractivity contribution in [2.24, 2.45) is 7.05 Å². The third-order valence-corrected chi connectivity index (χ3v) is 4.06. The minimum Gasteiger partial charge on any atom is -0.358 e. The topological polar surface area (TPSA) is 137 Å². The van der Waals surface area contributed by atoms with Crippen LogP contribution in [0.2, 0.25) is 0 Å². The predicted molar refractivity (Wildman–Crippen MR) is 86.5 cm³/mol. The van der Waals surface area contributed by atoms with E-state index in [0.717, 1.165) is 0 Å². The van der Waals surface area contributed by atoms with Gasteiger partial charge in [-0.3, -0.25) is 14.3 Å². The summed E-state index contributed by atoms with van der Waals surface area (Å²) in [5.41, 5.74) is 0.743. The summed E-state index contributed by atoms with van der Waals surface area (Å²) in [6.07, 6.45) is 1.48. The molecule has 2 N–H and O–H groups in total. The minimum absolute atomic E-state index is 0.0673. The van der Waals surface area contributed by atoms with Gasteiger partial charge in [-0.25, -0.2) is 0 Å². The average molecular weight is 400 g/mol. The molecular weight excluding hydrogens is 386 g/mol. The summed E-state index contributed by atoms with van der Waals surface area (Å²) in [6, 6.07) is 0. The van der Waals surface area contributed by atoms with Crippen LogP contribution in [0.4, 0.5) is 11.5 Å². The van der Waals surface area contributed by atoms with Gasteiger partial charge in [-0.2, -0.15) is 9.78 Å². The number of carbonyl (C=O) groups excluding carboxylic acids is 2. The second-order valence-electron chi connectivity index (χ2n) is 4.83. The number of aromatic nitrogens is 4. The Balaban J connectivity index is 2.19. The van der Waals surface area contributed by atoms with Crippen molar-refractivity contribution in [3.05, 3.63) is 32.2 Å². The van der Waals surface area contributed by atoms with Crippen molar-refractivity contribution in [1.29, 1.82) is 0 Å². The lowest BCUT2D eigenvalue weighted by atomic mass is 10.3. The van der Waals surface area contributed by atoms with E-state index in [4.69, 9.17) is 0 Å². The highest BCUT2D eigenvalue weighted by Crippen LogP contribution is 2.26. The fourth-order valence-corrected chi connectivity index (χ4v) is 2.40. The van der Waals surface area contributed by atoms with Crippen LogP contribution < -0.4 is 10.6 Å². The van der Waals surface area contributed by atoms with Crippen molar-refractivity contribution >= 4 is 39.2 Å². The van der Waals surface area contributed by atoms with Gasteiger partial charge in [0.1, 0.15) is 11.0 Å². The maximum atomic E-state index is 12.2. The number of nitrogens with zero attached hydrogens (tertiary/aromatic N) is 5. The fourth-order valence-electron chi connectivity index (χ4n) is 1.97. The van der Waals surface area contributed by atoms with Crippen LogP contribution in [0.3, 0.4) is 0 Å². The molecule has 24 heavy (non-hydrogen) atoms. The molecule has 0 aliphatic carbocycles. The lowest BCUT2D eigenvalue weighted by Crippen LogP contribution is -2.24. The highest BCUT2D eigenvalue weighted by atomic mass is 79.9. The highest BCUT2D eigenvalue weighted by Gasteiger charge is 2.25. The van der Waals surface area contributed by atoms with Gasteiger partial charge in [0, 0.05) is 20.3 Å². The molecule has 2 aromatic heterocycles. The molecule has 0 fully saturated rings. The minimum atomic E-state index is -0.643. The van der Waals surface area contributed by atoms with Gasteiger partial charge in [0.25, 0.3) is 5.91 Å². The van der Waals surface area contributed by atoms with E-state index in [1.807, 2.05) is 0 Å². The van der Waals surface area contributed by atoms with E-state index < -0.39 is 16.7 Å². The summed E-state index contributed by atoms with van der Waals surface area (Å²) >= 11 is 3.08. The van der Waals surface area contributed by atoms with E-state index in [2.05, 4.69) is 36.8 Å². The number of anilines is 1. The maximum absolute atomic E-state index is 12.2. The molecule has 2 heterocycles. The molecule has 0 spiro atoms. The summed E-state index contributed by atoms with van der Waals surface area (Å²) in [4.78, 5) is 34.1. The van der Waals surface area contributed by atoms with E-state index in [1.54, 1.807) is 14.0 Å². The van der Waals surface area contributed by atoms with Crippen LogP contribution in [-0.2, 0) is 18.4 Å². The Hall–Kier alpha value is -2.76. The number of halogens is 1. The molecule has 0 radical (unpaired) electrons. The summed E-state index contributed by atoms with van der Waals surface area (Å²) < 4.78 is 2.81. The van der Waals surface area contributed by atoms with Gasteiger partial charge < -0.3 is 20.7 Å². The van der Waals surface area contributed by atoms with Gasteiger partial charge >= 0.3 is 5.82 Å². The Morgan fingerprint density at radius 1 is 1.42 bits per heavy atom. The largest absolute Gasteiger partial charge is 0.404 e. The Morgan fingerprint density at radius 3 is 2.62 bits per heavy atom. The number of nitro groups is 1. The van der Waals surface area contributed by atoms with Crippen molar-refractivity contribution in [1.82, 2.24) is 24.9 Å². The number of hydrogen-bond acceptors (Lipinski definition) is 6. The molecule has 11 nitrogen and oxygen atoms in total.